The SMILES string of the molecule is COC(=O)CN1CC2CCCNC2C1. The highest BCUT2D eigenvalue weighted by molar-refractivity contribution is 5.71. The van der Waals surface area contributed by atoms with Crippen molar-refractivity contribution in [2.24, 2.45) is 5.92 Å². The first-order valence-corrected chi connectivity index (χ1v) is 5.32. The monoisotopic (exact) mass is 198 g/mol. The number of piperidine rings is 1. The van der Waals surface area contributed by atoms with Gasteiger partial charge in [0.25, 0.3) is 0 Å². The molecular weight excluding hydrogens is 180 g/mol. The third-order valence-corrected chi connectivity index (χ3v) is 3.26. The Hall–Kier alpha value is -0.610. The van der Waals surface area contributed by atoms with Gasteiger partial charge in [-0.1, -0.05) is 0 Å². The first-order valence-electron chi connectivity index (χ1n) is 5.32. The Labute approximate surface area is 84.6 Å². The lowest BCUT2D eigenvalue weighted by molar-refractivity contribution is -0.141. The summed E-state index contributed by atoms with van der Waals surface area (Å²) in [5.41, 5.74) is 0. The van der Waals surface area contributed by atoms with Gasteiger partial charge in [0.05, 0.1) is 13.7 Å². The summed E-state index contributed by atoms with van der Waals surface area (Å²) in [5, 5.41) is 3.51. The van der Waals surface area contributed by atoms with Gasteiger partial charge in [0, 0.05) is 19.1 Å². The summed E-state index contributed by atoms with van der Waals surface area (Å²) >= 11 is 0. The zero-order valence-corrected chi connectivity index (χ0v) is 8.66. The van der Waals surface area contributed by atoms with Crippen LogP contribution in [-0.4, -0.2) is 50.2 Å². The molecule has 80 valence electrons. The predicted octanol–water partition coefficient (Wildman–Crippen LogP) is -0.157. The molecule has 14 heavy (non-hydrogen) atoms. The number of ether oxygens (including phenoxy) is 1. The van der Waals surface area contributed by atoms with Crippen LogP contribution < -0.4 is 5.32 Å². The molecule has 0 aromatic carbocycles. The van der Waals surface area contributed by atoms with Crippen molar-refractivity contribution in [3.8, 4) is 0 Å². The molecule has 4 nitrogen and oxygen atoms in total. The minimum Gasteiger partial charge on any atom is -0.468 e. The summed E-state index contributed by atoms with van der Waals surface area (Å²) in [6, 6.07) is 0.605. The fourth-order valence-electron chi connectivity index (χ4n) is 2.51. The van der Waals surface area contributed by atoms with Gasteiger partial charge in [-0.3, -0.25) is 9.69 Å². The Kier molecular flexibility index (Phi) is 3.03. The van der Waals surface area contributed by atoms with Crippen molar-refractivity contribution in [1.82, 2.24) is 10.2 Å². The molecule has 2 fully saturated rings. The molecule has 2 aliphatic rings. The Bertz CT molecular complexity index is 206. The molecule has 1 N–H and O–H groups in total. The van der Waals surface area contributed by atoms with Crippen LogP contribution in [0.1, 0.15) is 12.8 Å². The maximum Gasteiger partial charge on any atom is 0.319 e. The number of methoxy groups -OCH3 is 1. The van der Waals surface area contributed by atoms with E-state index in [1.165, 1.54) is 20.0 Å². The van der Waals surface area contributed by atoms with Crippen LogP contribution in [0.15, 0.2) is 0 Å². The average Bonchev–Trinajstić information content (AvgIpc) is 2.59. The molecule has 0 aromatic heterocycles. The van der Waals surface area contributed by atoms with Gasteiger partial charge in [-0.05, 0) is 25.3 Å². The van der Waals surface area contributed by atoms with Gasteiger partial charge in [-0.25, -0.2) is 0 Å². The van der Waals surface area contributed by atoms with Crippen molar-refractivity contribution in [3.63, 3.8) is 0 Å². The van der Waals surface area contributed by atoms with Crippen LogP contribution in [0.4, 0.5) is 0 Å². The number of carbonyl (C=O) groups is 1. The molecule has 4 heteroatoms. The van der Waals surface area contributed by atoms with Crippen LogP contribution in [0.25, 0.3) is 0 Å². The standard InChI is InChI=1S/C10H18N2O2/c1-14-10(13)7-12-5-8-3-2-4-11-9(8)6-12/h8-9,11H,2-7H2,1H3. The maximum absolute atomic E-state index is 11.1. The number of fused-ring (bicyclic) bond motifs is 1. The molecule has 2 unspecified atom stereocenters. The van der Waals surface area contributed by atoms with Gasteiger partial charge >= 0.3 is 5.97 Å². The number of nitrogens with zero attached hydrogens (tertiary/aromatic N) is 1. The van der Waals surface area contributed by atoms with Gasteiger partial charge in [0.2, 0.25) is 0 Å². The predicted molar refractivity (Wildman–Crippen MR) is 53.0 cm³/mol. The van der Waals surface area contributed by atoms with Crippen molar-refractivity contribution in [2.45, 2.75) is 18.9 Å². The van der Waals surface area contributed by atoms with Crippen LogP contribution in [0, 0.1) is 5.92 Å². The van der Waals surface area contributed by atoms with Gasteiger partial charge in [-0.15, -0.1) is 0 Å². The third kappa shape index (κ3) is 2.07. The van der Waals surface area contributed by atoms with Crippen molar-refractivity contribution in [1.29, 1.82) is 0 Å². The van der Waals surface area contributed by atoms with Crippen LogP contribution >= 0.6 is 0 Å². The molecule has 2 heterocycles. The zero-order valence-electron chi connectivity index (χ0n) is 8.66. The van der Waals surface area contributed by atoms with E-state index in [9.17, 15) is 4.79 Å². The van der Waals surface area contributed by atoms with Gasteiger partial charge in [0.15, 0.2) is 0 Å². The number of rotatable bonds is 2. The molecule has 0 aliphatic carbocycles. The van der Waals surface area contributed by atoms with Crippen molar-refractivity contribution in [2.75, 3.05) is 33.3 Å². The molecular formula is C10H18N2O2. The molecule has 0 radical (unpaired) electrons. The Morgan fingerprint density at radius 3 is 3.14 bits per heavy atom. The summed E-state index contributed by atoms with van der Waals surface area (Å²) in [7, 11) is 1.45. The van der Waals surface area contributed by atoms with Gasteiger partial charge in [-0.2, -0.15) is 0 Å². The topological polar surface area (TPSA) is 41.6 Å². The average molecular weight is 198 g/mol. The number of carbonyl (C=O) groups excluding carboxylic acids is 1. The number of nitrogens with one attached hydrogen (secondary N) is 1. The van der Waals surface area contributed by atoms with Gasteiger partial charge in [0.1, 0.15) is 0 Å². The van der Waals surface area contributed by atoms with Crippen molar-refractivity contribution in [3.05, 3.63) is 0 Å². The van der Waals surface area contributed by atoms with Crippen LogP contribution in [0.5, 0.6) is 0 Å². The molecule has 0 saturated carbocycles. The van der Waals surface area contributed by atoms with Gasteiger partial charge < -0.3 is 10.1 Å². The summed E-state index contributed by atoms with van der Waals surface area (Å²) in [6.07, 6.45) is 2.57. The lowest BCUT2D eigenvalue weighted by Gasteiger charge is -2.24. The first-order chi connectivity index (χ1) is 6.79. The van der Waals surface area contributed by atoms with Crippen LogP contribution in [0.2, 0.25) is 0 Å². The Morgan fingerprint density at radius 2 is 2.43 bits per heavy atom. The molecule has 0 aromatic rings. The fraction of sp³-hybridized carbons (Fsp3) is 0.900. The number of likely N-dealkylation sites (tertiary alicyclic amines) is 1. The number of esters is 1. The molecule has 2 aliphatic heterocycles. The van der Waals surface area contributed by atoms with E-state index in [1.807, 2.05) is 0 Å². The van der Waals surface area contributed by atoms with E-state index in [4.69, 9.17) is 0 Å². The largest absolute Gasteiger partial charge is 0.468 e. The molecule has 0 spiro atoms. The molecule has 0 bridgehead atoms. The van der Waals surface area contributed by atoms with E-state index in [0.29, 0.717) is 12.6 Å². The summed E-state index contributed by atoms with van der Waals surface area (Å²) < 4.78 is 4.66. The highest BCUT2D eigenvalue weighted by Crippen LogP contribution is 2.24. The highest BCUT2D eigenvalue weighted by Gasteiger charge is 2.34. The van der Waals surface area contributed by atoms with Crippen LogP contribution in [-0.2, 0) is 9.53 Å². The van der Waals surface area contributed by atoms with E-state index in [0.717, 1.165) is 25.6 Å². The number of hydrogen-bond acceptors (Lipinski definition) is 4. The maximum atomic E-state index is 11.1. The van der Waals surface area contributed by atoms with E-state index in [2.05, 4.69) is 15.0 Å². The summed E-state index contributed by atoms with van der Waals surface area (Å²) in [4.78, 5) is 13.3. The van der Waals surface area contributed by atoms with E-state index < -0.39 is 0 Å². The van der Waals surface area contributed by atoms with E-state index in [1.54, 1.807) is 0 Å². The zero-order chi connectivity index (χ0) is 9.97. The Morgan fingerprint density at radius 1 is 1.57 bits per heavy atom. The normalized spacial score (nSPS) is 32.6. The minimum absolute atomic E-state index is 0.122. The molecule has 2 atom stereocenters. The van der Waals surface area contributed by atoms with E-state index in [-0.39, 0.29) is 5.97 Å². The smallest absolute Gasteiger partial charge is 0.319 e. The second-order valence-corrected chi connectivity index (χ2v) is 4.23. The van der Waals surface area contributed by atoms with Crippen molar-refractivity contribution < 1.29 is 9.53 Å². The second kappa shape index (κ2) is 4.28. The van der Waals surface area contributed by atoms with Crippen molar-refractivity contribution >= 4 is 5.97 Å². The number of hydrogen-bond donors (Lipinski definition) is 1. The lowest BCUT2D eigenvalue weighted by atomic mass is 9.94. The van der Waals surface area contributed by atoms with E-state index >= 15 is 0 Å². The molecule has 0 amide bonds. The van der Waals surface area contributed by atoms with Crippen LogP contribution in [0.3, 0.4) is 0 Å². The minimum atomic E-state index is -0.122. The fourth-order valence-corrected chi connectivity index (χ4v) is 2.51. The highest BCUT2D eigenvalue weighted by atomic mass is 16.5. The molecule has 2 saturated heterocycles. The lowest BCUT2D eigenvalue weighted by Crippen LogP contribution is -2.40. The summed E-state index contributed by atoms with van der Waals surface area (Å²) in [6.45, 7) is 3.63. The third-order valence-electron chi connectivity index (χ3n) is 3.26. The Balaban J connectivity index is 1.83. The second-order valence-electron chi connectivity index (χ2n) is 4.23. The summed E-state index contributed by atoms with van der Waals surface area (Å²) in [5.74, 6) is 0.622. The molecule has 2 rings (SSSR count). The quantitative estimate of drug-likeness (QED) is 0.626. The first kappa shape index (κ1) is 9.93.